The molecule has 0 spiro atoms. The molecule has 0 aliphatic carbocycles. The van der Waals surface area contributed by atoms with Crippen LogP contribution in [0.15, 0.2) is 12.1 Å². The Labute approximate surface area is 128 Å². The minimum Gasteiger partial charge on any atom is -0.487 e. The third-order valence-corrected chi connectivity index (χ3v) is 2.70. The van der Waals surface area contributed by atoms with E-state index < -0.39 is 4.92 Å². The van der Waals surface area contributed by atoms with Gasteiger partial charge in [0.05, 0.1) is 36.7 Å². The third kappa shape index (κ3) is 5.20. The predicted octanol–water partition coefficient (Wildman–Crippen LogP) is 1.71. The average Bonchev–Trinajstić information content (AvgIpc) is 2.49. The standard InChI is InChI=1S/C14H18N2O6/c1-19-5-7-21-13-9-11(3-4-15)12(16(17)18)10-14(13)22-8-6-20-2/h9-10H,3,5-8H2,1-2H3. The van der Waals surface area contributed by atoms with E-state index in [1.165, 1.54) is 26.4 Å². The summed E-state index contributed by atoms with van der Waals surface area (Å²) in [5, 5.41) is 19.9. The Morgan fingerprint density at radius 3 is 2.09 bits per heavy atom. The molecule has 0 radical (unpaired) electrons. The molecule has 0 unspecified atom stereocenters. The first-order chi connectivity index (χ1) is 10.6. The maximum Gasteiger partial charge on any atom is 0.277 e. The van der Waals surface area contributed by atoms with Crippen molar-refractivity contribution >= 4 is 5.69 Å². The van der Waals surface area contributed by atoms with Gasteiger partial charge in [0.25, 0.3) is 5.69 Å². The van der Waals surface area contributed by atoms with Crippen molar-refractivity contribution in [2.75, 3.05) is 40.6 Å². The first kappa shape index (κ1) is 17.7. The summed E-state index contributed by atoms with van der Waals surface area (Å²) in [6.07, 6.45) is -0.0880. The van der Waals surface area contributed by atoms with Gasteiger partial charge in [-0.05, 0) is 6.07 Å². The van der Waals surface area contributed by atoms with Crippen LogP contribution < -0.4 is 9.47 Å². The highest BCUT2D eigenvalue weighted by molar-refractivity contribution is 5.55. The van der Waals surface area contributed by atoms with E-state index in [9.17, 15) is 10.1 Å². The fourth-order valence-electron chi connectivity index (χ4n) is 1.68. The summed E-state index contributed by atoms with van der Waals surface area (Å²) in [6, 6.07) is 4.63. The van der Waals surface area contributed by atoms with Crippen LogP contribution in [0.4, 0.5) is 5.69 Å². The van der Waals surface area contributed by atoms with E-state index in [2.05, 4.69) is 0 Å². The first-order valence-electron chi connectivity index (χ1n) is 6.55. The van der Waals surface area contributed by atoms with Gasteiger partial charge in [-0.25, -0.2) is 0 Å². The van der Waals surface area contributed by atoms with Crippen LogP contribution in [-0.4, -0.2) is 45.6 Å². The predicted molar refractivity (Wildman–Crippen MR) is 77.2 cm³/mol. The van der Waals surface area contributed by atoms with Crippen LogP contribution in [0.3, 0.4) is 0 Å². The number of hydrogen-bond donors (Lipinski definition) is 0. The summed E-state index contributed by atoms with van der Waals surface area (Å²) in [6.45, 7) is 1.19. The van der Waals surface area contributed by atoms with Crippen molar-refractivity contribution in [3.05, 3.63) is 27.8 Å². The summed E-state index contributed by atoms with van der Waals surface area (Å²) >= 11 is 0. The lowest BCUT2D eigenvalue weighted by atomic mass is 10.1. The second kappa shape index (κ2) is 9.55. The zero-order valence-corrected chi connectivity index (χ0v) is 12.5. The van der Waals surface area contributed by atoms with Gasteiger partial charge in [-0.3, -0.25) is 10.1 Å². The van der Waals surface area contributed by atoms with E-state index in [-0.39, 0.29) is 36.6 Å². The van der Waals surface area contributed by atoms with Crippen LogP contribution in [0.5, 0.6) is 11.5 Å². The monoisotopic (exact) mass is 310 g/mol. The lowest BCUT2D eigenvalue weighted by molar-refractivity contribution is -0.385. The van der Waals surface area contributed by atoms with Crippen LogP contribution in [0.25, 0.3) is 0 Å². The molecule has 0 aromatic heterocycles. The molecule has 8 nitrogen and oxygen atoms in total. The van der Waals surface area contributed by atoms with Crippen molar-refractivity contribution in [1.29, 1.82) is 5.26 Å². The molecule has 0 saturated heterocycles. The largest absolute Gasteiger partial charge is 0.487 e. The van der Waals surface area contributed by atoms with E-state index >= 15 is 0 Å². The van der Waals surface area contributed by atoms with Crippen molar-refractivity contribution in [1.82, 2.24) is 0 Å². The van der Waals surface area contributed by atoms with Crippen molar-refractivity contribution in [2.24, 2.45) is 0 Å². The third-order valence-electron chi connectivity index (χ3n) is 2.70. The molecule has 0 saturated carbocycles. The Kier molecular flexibility index (Phi) is 7.67. The minimum absolute atomic E-state index is 0.0880. The highest BCUT2D eigenvalue weighted by atomic mass is 16.6. The molecular weight excluding hydrogens is 292 g/mol. The average molecular weight is 310 g/mol. The Bertz CT molecular complexity index is 541. The van der Waals surface area contributed by atoms with Gasteiger partial charge in [0.15, 0.2) is 11.5 Å². The van der Waals surface area contributed by atoms with Crippen LogP contribution in [0, 0.1) is 21.4 Å². The summed E-state index contributed by atoms with van der Waals surface area (Å²) in [5.41, 5.74) is 0.104. The van der Waals surface area contributed by atoms with Crippen molar-refractivity contribution in [3.8, 4) is 17.6 Å². The number of rotatable bonds is 10. The van der Waals surface area contributed by atoms with Gasteiger partial charge in [-0.2, -0.15) is 5.26 Å². The molecule has 0 amide bonds. The fraction of sp³-hybridized carbons (Fsp3) is 0.500. The summed E-state index contributed by atoms with van der Waals surface area (Å²) in [4.78, 5) is 10.6. The number of nitro groups is 1. The van der Waals surface area contributed by atoms with Gasteiger partial charge in [0, 0.05) is 19.8 Å². The number of hydrogen-bond acceptors (Lipinski definition) is 7. The molecule has 120 valence electrons. The summed E-state index contributed by atoms with van der Waals surface area (Å²) in [7, 11) is 3.06. The van der Waals surface area contributed by atoms with Gasteiger partial charge in [-0.1, -0.05) is 0 Å². The smallest absolute Gasteiger partial charge is 0.277 e. The fourth-order valence-corrected chi connectivity index (χ4v) is 1.68. The normalized spacial score (nSPS) is 10.0. The zero-order chi connectivity index (χ0) is 16.4. The van der Waals surface area contributed by atoms with E-state index in [0.29, 0.717) is 19.0 Å². The Balaban J connectivity index is 3.09. The molecule has 1 rings (SSSR count). The van der Waals surface area contributed by atoms with Gasteiger partial charge in [-0.15, -0.1) is 0 Å². The SMILES string of the molecule is COCCOc1cc(CC#N)c([N+](=O)[O-])cc1OCCOC. The Hall–Kier alpha value is -2.37. The molecule has 0 atom stereocenters. The number of nitrogens with zero attached hydrogens (tertiary/aromatic N) is 2. The molecule has 8 heteroatoms. The Morgan fingerprint density at radius 1 is 1.09 bits per heavy atom. The van der Waals surface area contributed by atoms with E-state index in [0.717, 1.165) is 0 Å². The molecule has 0 aliphatic rings. The topological polar surface area (TPSA) is 104 Å². The highest BCUT2D eigenvalue weighted by Gasteiger charge is 2.20. The molecule has 1 aromatic carbocycles. The summed E-state index contributed by atoms with van der Waals surface area (Å²) < 4.78 is 20.7. The minimum atomic E-state index is -0.547. The maximum absolute atomic E-state index is 11.1. The molecular formula is C14H18N2O6. The van der Waals surface area contributed by atoms with Gasteiger partial charge in [0.1, 0.15) is 13.2 Å². The van der Waals surface area contributed by atoms with Crippen molar-refractivity contribution < 1.29 is 23.9 Å². The molecule has 0 heterocycles. The van der Waals surface area contributed by atoms with Crippen LogP contribution in [0.2, 0.25) is 0 Å². The lowest BCUT2D eigenvalue weighted by Gasteiger charge is -2.13. The molecule has 0 aliphatic heterocycles. The quantitative estimate of drug-likeness (QED) is 0.368. The zero-order valence-electron chi connectivity index (χ0n) is 12.5. The van der Waals surface area contributed by atoms with Crippen LogP contribution in [0.1, 0.15) is 5.56 Å². The van der Waals surface area contributed by atoms with E-state index in [1.54, 1.807) is 0 Å². The van der Waals surface area contributed by atoms with E-state index in [4.69, 9.17) is 24.2 Å². The second-order valence-electron chi connectivity index (χ2n) is 4.20. The molecule has 22 heavy (non-hydrogen) atoms. The highest BCUT2D eigenvalue weighted by Crippen LogP contribution is 2.35. The van der Waals surface area contributed by atoms with Crippen molar-refractivity contribution in [3.63, 3.8) is 0 Å². The molecule has 0 bridgehead atoms. The first-order valence-corrected chi connectivity index (χ1v) is 6.55. The van der Waals surface area contributed by atoms with E-state index in [1.807, 2.05) is 6.07 Å². The van der Waals surface area contributed by atoms with Crippen LogP contribution in [-0.2, 0) is 15.9 Å². The number of ether oxygens (including phenoxy) is 4. The van der Waals surface area contributed by atoms with Gasteiger partial charge < -0.3 is 18.9 Å². The van der Waals surface area contributed by atoms with Crippen molar-refractivity contribution in [2.45, 2.75) is 6.42 Å². The van der Waals surface area contributed by atoms with Crippen LogP contribution >= 0.6 is 0 Å². The lowest BCUT2D eigenvalue weighted by Crippen LogP contribution is -2.09. The number of methoxy groups -OCH3 is 2. The molecule has 1 aromatic rings. The van der Waals surface area contributed by atoms with Gasteiger partial charge >= 0.3 is 0 Å². The maximum atomic E-state index is 11.1. The number of nitriles is 1. The number of nitro benzene ring substituents is 1. The number of benzene rings is 1. The second-order valence-corrected chi connectivity index (χ2v) is 4.20. The summed E-state index contributed by atoms with van der Waals surface area (Å²) in [5.74, 6) is 0.575. The molecule has 0 N–H and O–H groups in total. The Morgan fingerprint density at radius 2 is 1.64 bits per heavy atom. The van der Waals surface area contributed by atoms with Gasteiger partial charge in [0.2, 0.25) is 0 Å². The molecule has 0 fully saturated rings.